The lowest BCUT2D eigenvalue weighted by atomic mass is 9.67. The number of carbonyl (C=O) groups is 2. The predicted octanol–water partition coefficient (Wildman–Crippen LogP) is 1.59. The Balaban J connectivity index is 2.25. The summed E-state index contributed by atoms with van der Waals surface area (Å²) in [4.78, 5) is 23.1. The smallest absolute Gasteiger partial charge is 0.351 e. The van der Waals surface area contributed by atoms with Gasteiger partial charge in [-0.05, 0) is 13.3 Å². The van der Waals surface area contributed by atoms with E-state index in [0.29, 0.717) is 12.8 Å². The summed E-state index contributed by atoms with van der Waals surface area (Å²) >= 11 is 0. The van der Waals surface area contributed by atoms with Crippen LogP contribution in [0.3, 0.4) is 0 Å². The number of ether oxygens (including phenoxy) is 2. The molecule has 3 unspecified atom stereocenters. The van der Waals surface area contributed by atoms with Crippen LogP contribution in [0, 0.1) is 5.92 Å². The molecule has 3 fully saturated rings. The molecule has 0 radical (unpaired) electrons. The van der Waals surface area contributed by atoms with E-state index in [-0.39, 0.29) is 11.5 Å². The zero-order valence-corrected chi connectivity index (χ0v) is 9.62. The van der Waals surface area contributed by atoms with Gasteiger partial charge in [0, 0.05) is 24.8 Å². The highest BCUT2D eigenvalue weighted by Crippen LogP contribution is 2.49. The van der Waals surface area contributed by atoms with Crippen molar-refractivity contribution in [3.63, 3.8) is 0 Å². The standard InChI is InChI=1S/C12H16O4/c1-4-9(13)15-12-6-5-11(3,8(2)7-12)16-10(12)14/h4,8H,1,5-7H2,2-3H3. The third-order valence-electron chi connectivity index (χ3n) is 3.86. The Hall–Kier alpha value is -1.32. The van der Waals surface area contributed by atoms with Gasteiger partial charge in [-0.2, -0.15) is 0 Å². The molecular weight excluding hydrogens is 208 g/mol. The predicted molar refractivity (Wildman–Crippen MR) is 56.5 cm³/mol. The van der Waals surface area contributed by atoms with E-state index >= 15 is 0 Å². The van der Waals surface area contributed by atoms with Crippen molar-refractivity contribution in [1.82, 2.24) is 0 Å². The van der Waals surface area contributed by atoms with Crippen LogP contribution in [-0.4, -0.2) is 23.1 Å². The summed E-state index contributed by atoms with van der Waals surface area (Å²) in [7, 11) is 0. The molecule has 88 valence electrons. The normalized spacial score (nSPS) is 41.4. The fourth-order valence-corrected chi connectivity index (χ4v) is 2.52. The van der Waals surface area contributed by atoms with Crippen LogP contribution in [-0.2, 0) is 19.1 Å². The van der Waals surface area contributed by atoms with Crippen LogP contribution in [0.25, 0.3) is 0 Å². The van der Waals surface area contributed by atoms with Crippen molar-refractivity contribution in [3.8, 4) is 0 Å². The van der Waals surface area contributed by atoms with Gasteiger partial charge in [-0.3, -0.25) is 0 Å². The van der Waals surface area contributed by atoms with Crippen molar-refractivity contribution in [2.45, 2.75) is 44.3 Å². The molecule has 0 aromatic rings. The maximum atomic E-state index is 11.8. The third kappa shape index (κ3) is 1.44. The number of esters is 2. The molecule has 0 aromatic heterocycles. The number of hydrogen-bond acceptors (Lipinski definition) is 4. The molecule has 3 atom stereocenters. The Kier molecular flexibility index (Phi) is 2.33. The fourth-order valence-electron chi connectivity index (χ4n) is 2.52. The third-order valence-corrected chi connectivity index (χ3v) is 3.86. The zero-order valence-electron chi connectivity index (χ0n) is 9.62. The van der Waals surface area contributed by atoms with Crippen LogP contribution in [0.4, 0.5) is 0 Å². The minimum absolute atomic E-state index is 0.205. The van der Waals surface area contributed by atoms with Gasteiger partial charge in [-0.1, -0.05) is 13.5 Å². The van der Waals surface area contributed by atoms with Gasteiger partial charge in [0.2, 0.25) is 5.60 Å². The maximum absolute atomic E-state index is 11.8. The van der Waals surface area contributed by atoms with Crippen LogP contribution in [0.15, 0.2) is 12.7 Å². The van der Waals surface area contributed by atoms with Crippen LogP contribution in [0.1, 0.15) is 33.1 Å². The van der Waals surface area contributed by atoms with Gasteiger partial charge in [-0.15, -0.1) is 0 Å². The zero-order chi connectivity index (χ0) is 12.0. The highest BCUT2D eigenvalue weighted by Gasteiger charge is 2.60. The molecule has 2 saturated heterocycles. The molecular formula is C12H16O4. The van der Waals surface area contributed by atoms with E-state index in [1.54, 1.807) is 0 Å². The van der Waals surface area contributed by atoms with Crippen molar-refractivity contribution in [2.24, 2.45) is 5.92 Å². The monoisotopic (exact) mass is 224 g/mol. The van der Waals surface area contributed by atoms with Gasteiger partial charge in [0.05, 0.1) is 0 Å². The average molecular weight is 224 g/mol. The highest BCUT2D eigenvalue weighted by molar-refractivity contribution is 5.88. The minimum Gasteiger partial charge on any atom is -0.456 e. The van der Waals surface area contributed by atoms with Gasteiger partial charge in [0.1, 0.15) is 5.60 Å². The second kappa shape index (κ2) is 3.34. The van der Waals surface area contributed by atoms with E-state index in [0.717, 1.165) is 12.5 Å². The Morgan fingerprint density at radius 3 is 2.81 bits per heavy atom. The lowest BCUT2D eigenvalue weighted by Crippen LogP contribution is -2.62. The van der Waals surface area contributed by atoms with Gasteiger partial charge in [-0.25, -0.2) is 9.59 Å². The average Bonchev–Trinajstić information content (AvgIpc) is 2.22. The SMILES string of the molecule is C=CC(=O)OC12CCC(C)(OC1=O)C(C)C2. The molecule has 2 heterocycles. The second-order valence-corrected chi connectivity index (χ2v) is 4.93. The Morgan fingerprint density at radius 1 is 1.62 bits per heavy atom. The molecule has 2 aliphatic heterocycles. The van der Waals surface area contributed by atoms with E-state index in [1.807, 2.05) is 13.8 Å². The molecule has 0 aromatic carbocycles. The van der Waals surface area contributed by atoms with E-state index < -0.39 is 17.5 Å². The number of hydrogen-bond donors (Lipinski definition) is 0. The van der Waals surface area contributed by atoms with Crippen molar-refractivity contribution in [2.75, 3.05) is 0 Å². The van der Waals surface area contributed by atoms with Gasteiger partial charge in [0.25, 0.3) is 0 Å². The molecule has 1 aliphatic carbocycles. The first-order chi connectivity index (χ1) is 7.42. The molecule has 1 saturated carbocycles. The van der Waals surface area contributed by atoms with Crippen molar-refractivity contribution in [3.05, 3.63) is 12.7 Å². The Morgan fingerprint density at radius 2 is 2.31 bits per heavy atom. The fraction of sp³-hybridized carbons (Fsp3) is 0.667. The molecule has 4 heteroatoms. The summed E-state index contributed by atoms with van der Waals surface area (Å²) < 4.78 is 10.6. The first-order valence-electron chi connectivity index (χ1n) is 5.51. The summed E-state index contributed by atoms with van der Waals surface area (Å²) in [5, 5.41) is 0. The molecule has 0 spiro atoms. The van der Waals surface area contributed by atoms with Gasteiger partial charge >= 0.3 is 11.9 Å². The number of rotatable bonds is 2. The molecule has 4 nitrogen and oxygen atoms in total. The summed E-state index contributed by atoms with van der Waals surface area (Å²) in [5.41, 5.74) is -1.46. The van der Waals surface area contributed by atoms with E-state index in [4.69, 9.17) is 9.47 Å². The molecule has 0 amide bonds. The van der Waals surface area contributed by atoms with Crippen LogP contribution >= 0.6 is 0 Å². The summed E-state index contributed by atoms with van der Waals surface area (Å²) in [6.07, 6.45) is 2.91. The van der Waals surface area contributed by atoms with E-state index in [9.17, 15) is 9.59 Å². The summed E-state index contributed by atoms with van der Waals surface area (Å²) in [6, 6.07) is 0. The Bertz CT molecular complexity index is 362. The topological polar surface area (TPSA) is 52.6 Å². The van der Waals surface area contributed by atoms with Crippen LogP contribution in [0.2, 0.25) is 0 Å². The molecule has 0 N–H and O–H groups in total. The van der Waals surface area contributed by atoms with Gasteiger partial charge < -0.3 is 9.47 Å². The quantitative estimate of drug-likeness (QED) is 0.528. The highest BCUT2D eigenvalue weighted by atomic mass is 16.6. The summed E-state index contributed by atoms with van der Waals surface area (Å²) in [5.74, 6) is -0.763. The van der Waals surface area contributed by atoms with E-state index in [1.165, 1.54) is 0 Å². The first-order valence-corrected chi connectivity index (χ1v) is 5.51. The minimum atomic E-state index is -1.07. The molecule has 2 bridgehead atoms. The number of fused-ring (bicyclic) bond motifs is 3. The lowest BCUT2D eigenvalue weighted by Gasteiger charge is -2.52. The lowest BCUT2D eigenvalue weighted by molar-refractivity contribution is -0.235. The largest absolute Gasteiger partial charge is 0.456 e. The molecule has 16 heavy (non-hydrogen) atoms. The number of carbonyl (C=O) groups excluding carboxylic acids is 2. The maximum Gasteiger partial charge on any atom is 0.351 e. The second-order valence-electron chi connectivity index (χ2n) is 4.93. The Labute approximate surface area is 94.6 Å². The van der Waals surface area contributed by atoms with Crippen LogP contribution < -0.4 is 0 Å². The van der Waals surface area contributed by atoms with Gasteiger partial charge in [0.15, 0.2) is 0 Å². The van der Waals surface area contributed by atoms with Crippen molar-refractivity contribution < 1.29 is 19.1 Å². The molecule has 3 rings (SSSR count). The summed E-state index contributed by atoms with van der Waals surface area (Å²) in [6.45, 7) is 7.29. The van der Waals surface area contributed by atoms with Crippen LogP contribution in [0.5, 0.6) is 0 Å². The first kappa shape index (κ1) is 11.2. The van der Waals surface area contributed by atoms with Crippen molar-refractivity contribution in [1.29, 1.82) is 0 Å². The van der Waals surface area contributed by atoms with Crippen molar-refractivity contribution >= 4 is 11.9 Å². The van der Waals surface area contributed by atoms with E-state index in [2.05, 4.69) is 6.58 Å². The molecule has 3 aliphatic rings.